The predicted molar refractivity (Wildman–Crippen MR) is 172 cm³/mol. The van der Waals surface area contributed by atoms with Gasteiger partial charge in [-0.2, -0.15) is 0 Å². The Labute approximate surface area is 302 Å². The van der Waals surface area contributed by atoms with E-state index in [1.54, 1.807) is 23.5 Å². The zero-order chi connectivity index (χ0) is 31.8. The molecule has 2 amide bonds. The molecule has 10 nitrogen and oxygen atoms in total. The van der Waals surface area contributed by atoms with Crippen LogP contribution < -0.4 is 20.8 Å². The minimum Gasteiger partial charge on any atom is -0.548 e. The van der Waals surface area contributed by atoms with Crippen molar-refractivity contribution in [3.05, 3.63) is 71.8 Å². The van der Waals surface area contributed by atoms with Crippen molar-refractivity contribution in [1.82, 2.24) is 20.4 Å². The van der Waals surface area contributed by atoms with Crippen molar-refractivity contribution >= 4 is 85.0 Å². The Kier molecular flexibility index (Phi) is 11.6. The number of carbonyl (C=O) groups is 4. The number of carboxylic acid groups (broad SMARTS) is 2. The normalized spacial score (nSPS) is 28.8. The third kappa shape index (κ3) is 8.02. The summed E-state index contributed by atoms with van der Waals surface area (Å²) in [6.45, 7) is 8.80. The standard InChI is InChI=1S/2C16H20N2O3S.Ca/c2*1-16(2)13(15(20)21)18-9-11(14(18)22-16)17-12(19)8-10-6-4-3-5-7-10;/h2*3-7,11,13-14H,8-9H2,1-2H3,(H,17,19)(H,20,21);/q;;+2/p-2/t2*11-,13+,14-;/m11./s1. The van der Waals surface area contributed by atoms with E-state index >= 15 is 0 Å². The fraction of sp³-hybridized carbons (Fsp3) is 0.500. The zero-order valence-electron chi connectivity index (χ0n) is 25.9. The maximum Gasteiger partial charge on any atom is 2.00 e. The van der Waals surface area contributed by atoms with Gasteiger partial charge in [0.1, 0.15) is 0 Å². The van der Waals surface area contributed by atoms with Gasteiger partial charge in [0, 0.05) is 22.6 Å². The summed E-state index contributed by atoms with van der Waals surface area (Å²) in [6.07, 6.45) is 0.698. The van der Waals surface area contributed by atoms with Crippen LogP contribution in [0.15, 0.2) is 60.7 Å². The zero-order valence-corrected chi connectivity index (χ0v) is 29.8. The van der Waals surface area contributed by atoms with Crippen LogP contribution >= 0.6 is 23.5 Å². The number of hydrogen-bond donors (Lipinski definition) is 2. The van der Waals surface area contributed by atoms with E-state index in [1.165, 1.54) is 0 Å². The maximum atomic E-state index is 12.1. The van der Waals surface area contributed by atoms with E-state index in [0.717, 1.165) is 11.1 Å². The van der Waals surface area contributed by atoms with Gasteiger partial charge in [-0.1, -0.05) is 60.7 Å². The molecule has 0 aromatic heterocycles. The van der Waals surface area contributed by atoms with Gasteiger partial charge in [0.25, 0.3) is 0 Å². The summed E-state index contributed by atoms with van der Waals surface area (Å²) >= 11 is 3.20. The average Bonchev–Trinajstić information content (AvgIpc) is 3.30. The Bertz CT molecular complexity index is 1290. The van der Waals surface area contributed by atoms with Gasteiger partial charge < -0.3 is 30.4 Å². The molecule has 0 unspecified atom stereocenters. The van der Waals surface area contributed by atoms with E-state index in [-0.39, 0.29) is 72.4 Å². The minimum absolute atomic E-state index is 0. The number of aliphatic carboxylic acids is 2. The van der Waals surface area contributed by atoms with Crippen molar-refractivity contribution in [3.63, 3.8) is 0 Å². The van der Waals surface area contributed by atoms with Crippen molar-refractivity contribution in [3.8, 4) is 0 Å². The number of benzene rings is 2. The molecule has 0 bridgehead atoms. The first-order valence-electron chi connectivity index (χ1n) is 14.7. The summed E-state index contributed by atoms with van der Waals surface area (Å²) < 4.78 is -0.801. The quantitative estimate of drug-likeness (QED) is 0.355. The Hall–Kier alpha value is -1.80. The van der Waals surface area contributed by atoms with Gasteiger partial charge in [0.05, 0.1) is 59.7 Å². The van der Waals surface area contributed by atoms with Crippen LogP contribution in [0.25, 0.3) is 0 Å². The fourth-order valence-corrected chi connectivity index (χ4v) is 9.82. The summed E-state index contributed by atoms with van der Waals surface area (Å²) in [6, 6.07) is 18.0. The molecule has 2 aromatic carbocycles. The number of thioether (sulfide) groups is 2. The van der Waals surface area contributed by atoms with Crippen molar-refractivity contribution in [2.75, 3.05) is 13.1 Å². The van der Waals surface area contributed by atoms with Crippen LogP contribution in [-0.2, 0) is 32.0 Å². The molecule has 4 heterocycles. The van der Waals surface area contributed by atoms with Gasteiger partial charge in [-0.05, 0) is 38.8 Å². The number of fused-ring (bicyclic) bond motifs is 2. The fourth-order valence-electron chi connectivity index (χ4n) is 6.53. The summed E-state index contributed by atoms with van der Waals surface area (Å²) in [5.74, 6) is -2.11. The molecule has 0 radical (unpaired) electrons. The van der Waals surface area contributed by atoms with E-state index in [1.807, 2.05) is 98.2 Å². The smallest absolute Gasteiger partial charge is 0.548 e. The van der Waals surface area contributed by atoms with E-state index in [9.17, 15) is 29.4 Å². The van der Waals surface area contributed by atoms with Crippen molar-refractivity contribution in [1.29, 1.82) is 0 Å². The molecule has 236 valence electrons. The number of nitrogens with one attached hydrogen (secondary N) is 2. The van der Waals surface area contributed by atoms with Crippen LogP contribution in [0, 0.1) is 0 Å². The van der Waals surface area contributed by atoms with Gasteiger partial charge in [0.15, 0.2) is 0 Å². The predicted octanol–water partition coefficient (Wildman–Crippen LogP) is -0.382. The van der Waals surface area contributed by atoms with Crippen molar-refractivity contribution < 1.29 is 29.4 Å². The van der Waals surface area contributed by atoms with Crippen LogP contribution in [0.5, 0.6) is 0 Å². The molecule has 4 saturated heterocycles. The van der Waals surface area contributed by atoms with Crippen LogP contribution in [0.3, 0.4) is 0 Å². The van der Waals surface area contributed by atoms with Crippen LogP contribution in [-0.4, -0.2) is 129 Å². The van der Waals surface area contributed by atoms with Gasteiger partial charge in [-0.25, -0.2) is 0 Å². The molecule has 4 aliphatic heterocycles. The van der Waals surface area contributed by atoms with Crippen LogP contribution in [0.1, 0.15) is 38.8 Å². The second kappa shape index (κ2) is 14.5. The van der Waals surface area contributed by atoms with E-state index in [0.29, 0.717) is 25.9 Å². The Morgan fingerprint density at radius 2 is 1.02 bits per heavy atom. The number of carboxylic acids is 2. The van der Waals surface area contributed by atoms with Crippen LogP contribution in [0.2, 0.25) is 0 Å². The van der Waals surface area contributed by atoms with Crippen molar-refractivity contribution in [2.24, 2.45) is 0 Å². The molecule has 6 atom stereocenters. The summed E-state index contributed by atoms with van der Waals surface area (Å²) in [4.78, 5) is 50.7. The second-order valence-electron chi connectivity index (χ2n) is 12.7. The maximum absolute atomic E-state index is 12.1. The first-order valence-corrected chi connectivity index (χ1v) is 16.5. The molecule has 4 aliphatic rings. The summed E-state index contributed by atoms with van der Waals surface area (Å²) in [5, 5.41) is 28.7. The molecule has 45 heavy (non-hydrogen) atoms. The first-order chi connectivity index (χ1) is 20.8. The van der Waals surface area contributed by atoms with Gasteiger partial charge in [-0.15, -0.1) is 23.5 Å². The Morgan fingerprint density at radius 1 is 0.689 bits per heavy atom. The third-order valence-corrected chi connectivity index (χ3v) is 11.9. The number of hydrogen-bond acceptors (Lipinski definition) is 10. The molecule has 0 saturated carbocycles. The van der Waals surface area contributed by atoms with E-state index in [2.05, 4.69) is 10.6 Å². The monoisotopic (exact) mass is 678 g/mol. The molecule has 0 spiro atoms. The Morgan fingerprint density at radius 3 is 1.33 bits per heavy atom. The largest absolute Gasteiger partial charge is 2.00 e. The molecule has 4 fully saturated rings. The molecule has 0 aliphatic carbocycles. The second-order valence-corrected chi connectivity index (χ2v) is 16.3. The van der Waals surface area contributed by atoms with Gasteiger partial charge in [0.2, 0.25) is 11.8 Å². The number of nitrogens with zero attached hydrogens (tertiary/aromatic N) is 2. The number of amides is 2. The van der Waals surface area contributed by atoms with E-state index in [4.69, 9.17) is 0 Å². The van der Waals surface area contributed by atoms with E-state index < -0.39 is 33.5 Å². The molecule has 2 aromatic rings. The SMILES string of the molecule is CC1(C)S[C@@H]2[C@H](NC(=O)Cc3ccccc3)CN2[C@H]1C(=O)[O-].CC1(C)S[C@@H]2[C@H](NC(=O)Cc3ccccc3)CN2[C@H]1C(=O)[O-].[Ca+2]. The molecular weight excluding hydrogens is 641 g/mol. The number of carbonyl (C=O) groups excluding carboxylic acids is 4. The van der Waals surface area contributed by atoms with Crippen LogP contribution in [0.4, 0.5) is 0 Å². The topological polar surface area (TPSA) is 145 Å². The van der Waals surface area contributed by atoms with Crippen molar-refractivity contribution in [2.45, 2.75) is 84.9 Å². The average molecular weight is 679 g/mol. The summed E-state index contributed by atoms with van der Waals surface area (Å²) in [7, 11) is 0. The summed E-state index contributed by atoms with van der Waals surface area (Å²) in [5.41, 5.74) is 1.95. The molecular formula is C32H38CaN4O6S2. The number of rotatable bonds is 8. The first kappa shape index (κ1) is 36.0. The molecule has 13 heteroatoms. The molecule has 2 N–H and O–H groups in total. The third-order valence-electron chi connectivity index (χ3n) is 8.54. The Balaban J connectivity index is 0.000000200. The minimum atomic E-state index is -1.03. The van der Waals surface area contributed by atoms with Gasteiger partial charge in [-0.3, -0.25) is 19.4 Å². The van der Waals surface area contributed by atoms with Gasteiger partial charge >= 0.3 is 37.7 Å². The molecule has 6 rings (SSSR count).